The molecule has 0 atom stereocenters. The molecule has 0 saturated carbocycles. The number of hydrogen-bond donors (Lipinski definition) is 1. The fourth-order valence-electron chi connectivity index (χ4n) is 3.96. The SMILES string of the molecule is Cc1nn(C)c2nc(C(C)C)cc(C(=O)Nc3ccc(N4CCN(C)CC4)cc3)c12. The summed E-state index contributed by atoms with van der Waals surface area (Å²) in [5, 5.41) is 8.35. The fourth-order valence-corrected chi connectivity index (χ4v) is 3.96. The number of nitrogens with one attached hydrogen (secondary N) is 1. The largest absolute Gasteiger partial charge is 0.369 e. The van der Waals surface area contributed by atoms with Gasteiger partial charge in [0.25, 0.3) is 5.91 Å². The van der Waals surface area contributed by atoms with Crippen molar-refractivity contribution in [1.82, 2.24) is 19.7 Å². The van der Waals surface area contributed by atoms with Crippen LogP contribution in [0.1, 0.15) is 41.5 Å². The molecular formula is C23H30N6O. The van der Waals surface area contributed by atoms with E-state index < -0.39 is 0 Å². The van der Waals surface area contributed by atoms with E-state index in [1.807, 2.05) is 32.2 Å². The first-order chi connectivity index (χ1) is 14.3. The lowest BCUT2D eigenvalue weighted by molar-refractivity contribution is 0.102. The molecule has 1 amide bonds. The van der Waals surface area contributed by atoms with E-state index in [-0.39, 0.29) is 11.8 Å². The normalized spacial score (nSPS) is 15.2. The third-order valence-electron chi connectivity index (χ3n) is 5.82. The third-order valence-corrected chi connectivity index (χ3v) is 5.82. The monoisotopic (exact) mass is 406 g/mol. The quantitative estimate of drug-likeness (QED) is 0.719. The Bertz CT molecular complexity index is 1060. The van der Waals surface area contributed by atoms with E-state index in [9.17, 15) is 4.79 Å². The zero-order valence-electron chi connectivity index (χ0n) is 18.4. The maximum absolute atomic E-state index is 13.2. The number of rotatable bonds is 4. The van der Waals surface area contributed by atoms with Crippen LogP contribution in [-0.2, 0) is 7.05 Å². The molecule has 158 valence electrons. The smallest absolute Gasteiger partial charge is 0.256 e. The highest BCUT2D eigenvalue weighted by atomic mass is 16.1. The molecule has 30 heavy (non-hydrogen) atoms. The molecule has 1 saturated heterocycles. The maximum Gasteiger partial charge on any atom is 0.256 e. The molecule has 1 N–H and O–H groups in total. The summed E-state index contributed by atoms with van der Waals surface area (Å²) in [6, 6.07) is 10.0. The molecule has 0 unspecified atom stereocenters. The first kappa shape index (κ1) is 20.3. The Morgan fingerprint density at radius 2 is 1.73 bits per heavy atom. The zero-order valence-corrected chi connectivity index (χ0v) is 18.4. The zero-order chi connectivity index (χ0) is 21.4. The highest BCUT2D eigenvalue weighted by molar-refractivity contribution is 6.12. The van der Waals surface area contributed by atoms with Gasteiger partial charge >= 0.3 is 0 Å². The van der Waals surface area contributed by atoms with Crippen molar-refractivity contribution < 1.29 is 4.79 Å². The molecule has 0 spiro atoms. The van der Waals surface area contributed by atoms with Crippen LogP contribution in [0, 0.1) is 6.92 Å². The molecule has 1 aromatic carbocycles. The molecule has 0 bridgehead atoms. The van der Waals surface area contributed by atoms with Crippen molar-refractivity contribution in [3.05, 3.63) is 47.3 Å². The van der Waals surface area contributed by atoms with Gasteiger partial charge < -0.3 is 15.1 Å². The van der Waals surface area contributed by atoms with Crippen LogP contribution in [0.4, 0.5) is 11.4 Å². The number of aromatic nitrogens is 3. The molecule has 1 aliphatic heterocycles. The molecular weight excluding hydrogens is 376 g/mol. The van der Waals surface area contributed by atoms with Gasteiger partial charge in [0.15, 0.2) is 5.65 Å². The Labute approximate surface area is 177 Å². The maximum atomic E-state index is 13.2. The van der Waals surface area contributed by atoms with Crippen LogP contribution < -0.4 is 10.2 Å². The topological polar surface area (TPSA) is 66.3 Å². The number of amides is 1. The number of piperazine rings is 1. The fraction of sp³-hybridized carbons (Fsp3) is 0.435. The van der Waals surface area contributed by atoms with Crippen molar-refractivity contribution in [2.75, 3.05) is 43.4 Å². The number of anilines is 2. The van der Waals surface area contributed by atoms with Crippen LogP contribution in [0.15, 0.2) is 30.3 Å². The molecule has 7 nitrogen and oxygen atoms in total. The lowest BCUT2D eigenvalue weighted by Gasteiger charge is -2.34. The van der Waals surface area contributed by atoms with E-state index in [0.29, 0.717) is 5.56 Å². The predicted octanol–water partition coefficient (Wildman–Crippen LogP) is 3.40. The number of benzene rings is 1. The highest BCUT2D eigenvalue weighted by Crippen LogP contribution is 2.26. The molecule has 3 heterocycles. The van der Waals surface area contributed by atoms with Gasteiger partial charge in [-0.3, -0.25) is 9.48 Å². The molecule has 1 fully saturated rings. The number of carbonyl (C=O) groups is 1. The van der Waals surface area contributed by atoms with Crippen LogP contribution in [0.25, 0.3) is 11.0 Å². The molecule has 0 aliphatic carbocycles. The van der Waals surface area contributed by atoms with Crippen molar-refractivity contribution in [1.29, 1.82) is 0 Å². The molecule has 0 radical (unpaired) electrons. The van der Waals surface area contributed by atoms with Crippen LogP contribution >= 0.6 is 0 Å². The molecule has 2 aromatic heterocycles. The molecule has 1 aliphatic rings. The average Bonchev–Trinajstić information content (AvgIpc) is 3.02. The minimum Gasteiger partial charge on any atom is -0.369 e. The first-order valence-corrected chi connectivity index (χ1v) is 10.5. The number of nitrogens with zero attached hydrogens (tertiary/aromatic N) is 5. The summed E-state index contributed by atoms with van der Waals surface area (Å²) in [5.41, 5.74) is 5.05. The molecule has 7 heteroatoms. The second kappa shape index (κ2) is 8.07. The van der Waals surface area contributed by atoms with E-state index >= 15 is 0 Å². The van der Waals surface area contributed by atoms with Gasteiger partial charge in [0, 0.05) is 50.3 Å². The summed E-state index contributed by atoms with van der Waals surface area (Å²) in [7, 11) is 4.02. The predicted molar refractivity (Wildman–Crippen MR) is 121 cm³/mol. The van der Waals surface area contributed by atoms with E-state index in [2.05, 4.69) is 53.2 Å². The van der Waals surface area contributed by atoms with Gasteiger partial charge in [0.1, 0.15) is 0 Å². The second-order valence-electron chi connectivity index (χ2n) is 8.45. The number of hydrogen-bond acceptors (Lipinski definition) is 5. The Morgan fingerprint density at radius 1 is 1.07 bits per heavy atom. The average molecular weight is 407 g/mol. The van der Waals surface area contributed by atoms with Gasteiger partial charge in [-0.1, -0.05) is 13.8 Å². The Kier molecular flexibility index (Phi) is 5.47. The van der Waals surface area contributed by atoms with Gasteiger partial charge in [0.2, 0.25) is 0 Å². The highest BCUT2D eigenvalue weighted by Gasteiger charge is 2.20. The van der Waals surface area contributed by atoms with E-state index in [1.54, 1.807) is 4.68 Å². The summed E-state index contributed by atoms with van der Waals surface area (Å²) in [4.78, 5) is 22.6. The summed E-state index contributed by atoms with van der Waals surface area (Å²) < 4.78 is 1.75. The van der Waals surface area contributed by atoms with Gasteiger partial charge in [-0.2, -0.15) is 5.10 Å². The van der Waals surface area contributed by atoms with E-state index in [4.69, 9.17) is 4.98 Å². The number of pyridine rings is 1. The van der Waals surface area contributed by atoms with Crippen LogP contribution in [0.5, 0.6) is 0 Å². The van der Waals surface area contributed by atoms with Gasteiger partial charge in [-0.05, 0) is 50.2 Å². The number of carbonyl (C=O) groups excluding carboxylic acids is 1. The number of aryl methyl sites for hydroxylation is 2. The van der Waals surface area contributed by atoms with Crippen molar-refractivity contribution in [2.24, 2.45) is 7.05 Å². The van der Waals surface area contributed by atoms with Crippen LogP contribution in [-0.4, -0.2) is 58.8 Å². The minimum atomic E-state index is -0.132. The number of likely N-dealkylation sites (N-methyl/N-ethyl adjacent to an activating group) is 1. The third kappa shape index (κ3) is 3.89. The Balaban J connectivity index is 1.59. The van der Waals surface area contributed by atoms with Crippen LogP contribution in [0.3, 0.4) is 0 Å². The minimum absolute atomic E-state index is 0.132. The Hall–Kier alpha value is -2.93. The van der Waals surface area contributed by atoms with E-state index in [0.717, 1.165) is 54.3 Å². The molecule has 3 aromatic rings. The lowest BCUT2D eigenvalue weighted by atomic mass is 10.0. The van der Waals surface area contributed by atoms with Crippen molar-refractivity contribution in [2.45, 2.75) is 26.7 Å². The van der Waals surface area contributed by atoms with Gasteiger partial charge in [0.05, 0.1) is 16.6 Å². The summed E-state index contributed by atoms with van der Waals surface area (Å²) >= 11 is 0. The summed E-state index contributed by atoms with van der Waals surface area (Å²) in [6.07, 6.45) is 0. The molecule has 4 rings (SSSR count). The Morgan fingerprint density at radius 3 is 2.37 bits per heavy atom. The van der Waals surface area contributed by atoms with Gasteiger partial charge in [-0.15, -0.1) is 0 Å². The standard InChI is InChI=1S/C23H30N6O/c1-15(2)20-14-19(21-16(3)26-28(5)22(21)25-20)23(30)24-17-6-8-18(9-7-17)29-12-10-27(4)11-13-29/h6-9,14-15H,10-13H2,1-5H3,(H,24,30). The van der Waals surface area contributed by atoms with Crippen molar-refractivity contribution >= 4 is 28.3 Å². The summed E-state index contributed by atoms with van der Waals surface area (Å²) in [5.74, 6) is 0.0896. The van der Waals surface area contributed by atoms with E-state index in [1.165, 1.54) is 5.69 Å². The lowest BCUT2D eigenvalue weighted by Crippen LogP contribution is -2.44. The van der Waals surface area contributed by atoms with Crippen LogP contribution in [0.2, 0.25) is 0 Å². The number of fused-ring (bicyclic) bond motifs is 1. The van der Waals surface area contributed by atoms with Crippen molar-refractivity contribution in [3.63, 3.8) is 0 Å². The van der Waals surface area contributed by atoms with Gasteiger partial charge in [-0.25, -0.2) is 4.98 Å². The second-order valence-corrected chi connectivity index (χ2v) is 8.45. The van der Waals surface area contributed by atoms with Crippen molar-refractivity contribution in [3.8, 4) is 0 Å². The first-order valence-electron chi connectivity index (χ1n) is 10.5. The summed E-state index contributed by atoms with van der Waals surface area (Å²) in [6.45, 7) is 10.3.